The van der Waals surface area contributed by atoms with E-state index in [1.54, 1.807) is 36.4 Å². The molecule has 182 valence electrons. The van der Waals surface area contributed by atoms with Gasteiger partial charge in [-0.15, -0.1) is 0 Å². The zero-order valence-corrected chi connectivity index (χ0v) is 20.6. The zero-order valence-electron chi connectivity index (χ0n) is 19.1. The largest absolute Gasteiger partial charge is 0.489 e. The van der Waals surface area contributed by atoms with Crippen LogP contribution in [0.25, 0.3) is 0 Å². The highest BCUT2D eigenvalue weighted by molar-refractivity contribution is 6.42. The molecule has 0 bridgehead atoms. The molecule has 0 saturated heterocycles. The number of amides is 2. The Hall–Kier alpha value is -3.42. The summed E-state index contributed by atoms with van der Waals surface area (Å²) in [6.45, 7) is 3.94. The van der Waals surface area contributed by atoms with Gasteiger partial charge in [-0.2, -0.15) is 5.10 Å². The fourth-order valence-electron chi connectivity index (χ4n) is 3.03. The Bertz CT molecular complexity index is 1200. The zero-order chi connectivity index (χ0) is 25.4. The van der Waals surface area contributed by atoms with Crippen LogP contribution in [0.3, 0.4) is 0 Å². The number of hydrogen-bond acceptors (Lipinski definition) is 4. The number of nitrogens with zero attached hydrogens (tertiary/aromatic N) is 1. The van der Waals surface area contributed by atoms with E-state index in [0.29, 0.717) is 22.9 Å². The molecule has 1 atom stereocenters. The molecule has 0 aromatic heterocycles. The van der Waals surface area contributed by atoms with Crippen molar-refractivity contribution in [2.75, 3.05) is 0 Å². The first-order valence-electron chi connectivity index (χ1n) is 10.8. The summed E-state index contributed by atoms with van der Waals surface area (Å²) < 4.78 is 18.7. The van der Waals surface area contributed by atoms with Gasteiger partial charge in [-0.05, 0) is 71.6 Å². The topological polar surface area (TPSA) is 79.8 Å². The summed E-state index contributed by atoms with van der Waals surface area (Å²) in [6.07, 6.45) is 1.49. The molecule has 0 fully saturated rings. The molecule has 35 heavy (non-hydrogen) atoms. The van der Waals surface area contributed by atoms with Crippen molar-refractivity contribution in [2.24, 2.45) is 11.0 Å². The van der Waals surface area contributed by atoms with Gasteiger partial charge >= 0.3 is 0 Å². The number of rotatable bonds is 9. The minimum atomic E-state index is -0.809. The van der Waals surface area contributed by atoms with Gasteiger partial charge in [-0.3, -0.25) is 9.59 Å². The highest BCUT2D eigenvalue weighted by Crippen LogP contribution is 2.22. The van der Waals surface area contributed by atoms with Crippen LogP contribution in [0, 0.1) is 11.7 Å². The number of carbonyl (C=O) groups excluding carboxylic acids is 2. The SMILES string of the molecule is CC(C)C(NC(=O)c1ccc(Cl)c(Cl)c1)C(=O)NN=Cc1ccc(OCc2ccc(F)cc2)cc1. The summed E-state index contributed by atoms with van der Waals surface area (Å²) in [6, 6.07) is 16.9. The molecule has 0 aliphatic heterocycles. The fraction of sp³-hybridized carbons (Fsp3) is 0.192. The molecule has 0 spiro atoms. The molecule has 9 heteroatoms. The van der Waals surface area contributed by atoms with Crippen molar-refractivity contribution < 1.29 is 18.7 Å². The molecule has 2 N–H and O–H groups in total. The molecule has 6 nitrogen and oxygen atoms in total. The van der Waals surface area contributed by atoms with Crippen LogP contribution in [0.4, 0.5) is 4.39 Å². The second kappa shape index (κ2) is 12.3. The molecule has 0 radical (unpaired) electrons. The molecule has 3 aromatic rings. The Kier molecular flexibility index (Phi) is 9.23. The summed E-state index contributed by atoms with van der Waals surface area (Å²) in [5, 5.41) is 7.28. The van der Waals surface area contributed by atoms with Crippen LogP contribution in [0.1, 0.15) is 35.3 Å². The van der Waals surface area contributed by atoms with Crippen LogP contribution >= 0.6 is 23.2 Å². The van der Waals surface area contributed by atoms with Crippen molar-refractivity contribution in [3.63, 3.8) is 0 Å². The number of hydrogen-bond donors (Lipinski definition) is 2. The van der Waals surface area contributed by atoms with E-state index in [-0.39, 0.29) is 16.8 Å². The van der Waals surface area contributed by atoms with Gasteiger partial charge in [0.2, 0.25) is 0 Å². The van der Waals surface area contributed by atoms with Gasteiger partial charge in [0.25, 0.3) is 11.8 Å². The molecule has 2 amide bonds. The van der Waals surface area contributed by atoms with Gasteiger partial charge in [-0.25, -0.2) is 9.82 Å². The van der Waals surface area contributed by atoms with Gasteiger partial charge in [0.1, 0.15) is 24.2 Å². The smallest absolute Gasteiger partial charge is 0.262 e. The van der Waals surface area contributed by atoms with Crippen molar-refractivity contribution in [3.05, 3.63) is 99.3 Å². The lowest BCUT2D eigenvalue weighted by atomic mass is 10.0. The van der Waals surface area contributed by atoms with Crippen LogP contribution in [0.2, 0.25) is 10.0 Å². The Morgan fingerprint density at radius 1 is 1.00 bits per heavy atom. The van der Waals surface area contributed by atoms with Crippen molar-refractivity contribution in [1.82, 2.24) is 10.7 Å². The first-order valence-corrected chi connectivity index (χ1v) is 11.5. The lowest BCUT2D eigenvalue weighted by molar-refractivity contribution is -0.123. The lowest BCUT2D eigenvalue weighted by Gasteiger charge is -2.20. The molecule has 0 aliphatic rings. The summed E-state index contributed by atoms with van der Waals surface area (Å²) in [7, 11) is 0. The van der Waals surface area contributed by atoms with Crippen molar-refractivity contribution in [1.29, 1.82) is 0 Å². The van der Waals surface area contributed by atoms with Gasteiger partial charge in [0.05, 0.1) is 16.3 Å². The highest BCUT2D eigenvalue weighted by atomic mass is 35.5. The number of halogens is 3. The minimum absolute atomic E-state index is 0.186. The molecular formula is C26H24Cl2FN3O3. The average molecular weight is 516 g/mol. The molecule has 1 unspecified atom stereocenters. The number of nitrogens with one attached hydrogen (secondary N) is 2. The highest BCUT2D eigenvalue weighted by Gasteiger charge is 2.24. The maximum absolute atomic E-state index is 13.0. The van der Waals surface area contributed by atoms with E-state index < -0.39 is 17.9 Å². The second-order valence-electron chi connectivity index (χ2n) is 8.04. The van der Waals surface area contributed by atoms with E-state index in [9.17, 15) is 14.0 Å². The van der Waals surface area contributed by atoms with E-state index in [4.69, 9.17) is 27.9 Å². The standard InChI is InChI=1S/C26H24Cl2FN3O3/c1-16(2)24(31-25(33)19-7-12-22(27)23(28)13-19)26(34)32-30-14-17-5-10-21(11-6-17)35-15-18-3-8-20(29)9-4-18/h3-14,16,24H,15H2,1-2H3,(H,31,33)(H,32,34). The van der Waals surface area contributed by atoms with Crippen molar-refractivity contribution >= 4 is 41.2 Å². The molecule has 3 aromatic carbocycles. The number of carbonyl (C=O) groups is 2. The van der Waals surface area contributed by atoms with E-state index in [2.05, 4.69) is 15.8 Å². The summed E-state index contributed by atoms with van der Waals surface area (Å²) in [4.78, 5) is 25.2. The third-order valence-corrected chi connectivity index (χ3v) is 5.74. The first kappa shape index (κ1) is 26.2. The first-order chi connectivity index (χ1) is 16.7. The molecule has 0 saturated carbocycles. The van der Waals surface area contributed by atoms with Crippen LogP contribution in [0.15, 0.2) is 71.8 Å². The van der Waals surface area contributed by atoms with Gasteiger partial charge < -0.3 is 10.1 Å². The normalized spacial score (nSPS) is 11.9. The number of benzene rings is 3. The Balaban J connectivity index is 1.53. The van der Waals surface area contributed by atoms with Gasteiger partial charge in [0, 0.05) is 5.56 Å². The third kappa shape index (κ3) is 7.80. The van der Waals surface area contributed by atoms with E-state index in [0.717, 1.165) is 11.1 Å². The molecule has 0 aliphatic carbocycles. The summed E-state index contributed by atoms with van der Waals surface area (Å²) in [5.74, 6) is -0.741. The predicted octanol–water partition coefficient (Wildman–Crippen LogP) is 5.62. The molecule has 3 rings (SSSR count). The third-order valence-electron chi connectivity index (χ3n) is 5.00. The van der Waals surface area contributed by atoms with Gasteiger partial charge in [0.15, 0.2) is 0 Å². The van der Waals surface area contributed by atoms with Crippen molar-refractivity contribution in [2.45, 2.75) is 26.5 Å². The molecular weight excluding hydrogens is 492 g/mol. The van der Waals surface area contributed by atoms with E-state index in [1.807, 2.05) is 13.8 Å². The van der Waals surface area contributed by atoms with E-state index in [1.165, 1.54) is 36.5 Å². The Labute approximate surface area is 213 Å². The minimum Gasteiger partial charge on any atom is -0.489 e. The Morgan fingerprint density at radius 3 is 2.31 bits per heavy atom. The lowest BCUT2D eigenvalue weighted by Crippen LogP contribution is -2.48. The maximum atomic E-state index is 13.0. The van der Waals surface area contributed by atoms with Crippen LogP contribution in [0.5, 0.6) is 5.75 Å². The second-order valence-corrected chi connectivity index (χ2v) is 8.86. The molecule has 0 heterocycles. The van der Waals surface area contributed by atoms with Gasteiger partial charge in [-0.1, -0.05) is 49.2 Å². The van der Waals surface area contributed by atoms with E-state index >= 15 is 0 Å². The van der Waals surface area contributed by atoms with Crippen LogP contribution < -0.4 is 15.5 Å². The fourth-order valence-corrected chi connectivity index (χ4v) is 3.33. The van der Waals surface area contributed by atoms with Crippen LogP contribution in [-0.4, -0.2) is 24.1 Å². The maximum Gasteiger partial charge on any atom is 0.262 e. The monoisotopic (exact) mass is 515 g/mol. The van der Waals surface area contributed by atoms with Crippen molar-refractivity contribution in [3.8, 4) is 5.75 Å². The summed E-state index contributed by atoms with van der Waals surface area (Å²) in [5.41, 5.74) is 4.35. The quantitative estimate of drug-likeness (QED) is 0.286. The number of ether oxygens (including phenoxy) is 1. The van der Waals surface area contributed by atoms with Crippen LogP contribution in [-0.2, 0) is 11.4 Å². The summed E-state index contributed by atoms with van der Waals surface area (Å²) >= 11 is 11.9. The average Bonchev–Trinajstić information content (AvgIpc) is 2.84. The number of hydrazone groups is 1. The predicted molar refractivity (Wildman–Crippen MR) is 135 cm³/mol. The Morgan fingerprint density at radius 2 is 1.69 bits per heavy atom.